The van der Waals surface area contributed by atoms with Gasteiger partial charge < -0.3 is 9.88 Å². The van der Waals surface area contributed by atoms with Gasteiger partial charge in [0.2, 0.25) is 0 Å². The molecule has 0 aliphatic heterocycles. The van der Waals surface area contributed by atoms with Crippen molar-refractivity contribution in [1.82, 2.24) is 14.9 Å². The van der Waals surface area contributed by atoms with Crippen LogP contribution in [0.1, 0.15) is 64.2 Å². The number of nitrogens with zero attached hydrogens (tertiary/aromatic N) is 2. The van der Waals surface area contributed by atoms with Crippen molar-refractivity contribution in [2.24, 2.45) is 0 Å². The summed E-state index contributed by atoms with van der Waals surface area (Å²) in [7, 11) is 0. The molecule has 0 bridgehead atoms. The quantitative estimate of drug-likeness (QED) is 0.838. The number of rotatable bonds is 6. The Morgan fingerprint density at radius 3 is 3.00 bits per heavy atom. The largest absolute Gasteiger partial charge is 0.332 e. The number of nitrogens with one attached hydrogen (secondary N) is 1. The van der Waals surface area contributed by atoms with E-state index in [-0.39, 0.29) is 0 Å². The van der Waals surface area contributed by atoms with E-state index in [0.29, 0.717) is 12.1 Å². The molecule has 3 nitrogen and oxygen atoms in total. The fourth-order valence-corrected chi connectivity index (χ4v) is 3.04. The van der Waals surface area contributed by atoms with Crippen molar-refractivity contribution in [3.63, 3.8) is 0 Å². The molecule has 1 heterocycles. The molecule has 0 spiro atoms. The first-order chi connectivity index (χ1) is 8.85. The van der Waals surface area contributed by atoms with Crippen LogP contribution in [0.5, 0.6) is 0 Å². The van der Waals surface area contributed by atoms with Gasteiger partial charge in [-0.15, -0.1) is 0 Å². The second kappa shape index (κ2) is 6.93. The lowest BCUT2D eigenvalue weighted by atomic mass is 9.90. The molecular weight excluding hydrogens is 222 g/mol. The summed E-state index contributed by atoms with van der Waals surface area (Å²) in [6.07, 6.45) is 12.9. The van der Waals surface area contributed by atoms with Crippen molar-refractivity contribution >= 4 is 0 Å². The van der Waals surface area contributed by atoms with Crippen LogP contribution in [0.4, 0.5) is 0 Å². The number of imidazole rings is 1. The lowest BCUT2D eigenvalue weighted by Crippen LogP contribution is -2.35. The first-order valence-electron chi connectivity index (χ1n) is 7.60. The van der Waals surface area contributed by atoms with Crippen LogP contribution in [0.2, 0.25) is 0 Å². The van der Waals surface area contributed by atoms with Crippen molar-refractivity contribution in [2.45, 2.75) is 70.9 Å². The van der Waals surface area contributed by atoms with Crippen LogP contribution in [0.3, 0.4) is 0 Å². The average Bonchev–Trinajstić information content (AvgIpc) is 2.85. The monoisotopic (exact) mass is 249 g/mol. The minimum absolute atomic E-state index is 0.664. The van der Waals surface area contributed by atoms with Crippen LogP contribution in [0, 0.1) is 0 Å². The van der Waals surface area contributed by atoms with Crippen LogP contribution < -0.4 is 5.32 Å². The summed E-state index contributed by atoms with van der Waals surface area (Å²) in [4.78, 5) is 4.51. The van der Waals surface area contributed by atoms with Crippen LogP contribution >= 0.6 is 0 Å². The molecule has 0 amide bonds. The molecule has 3 heteroatoms. The van der Waals surface area contributed by atoms with Crippen molar-refractivity contribution in [1.29, 1.82) is 0 Å². The second-order valence-electron chi connectivity index (χ2n) is 5.47. The van der Waals surface area contributed by atoms with Crippen LogP contribution in [-0.4, -0.2) is 22.1 Å². The molecule has 1 fully saturated rings. The van der Waals surface area contributed by atoms with Gasteiger partial charge in [-0.2, -0.15) is 0 Å². The summed E-state index contributed by atoms with van der Waals surface area (Å²) in [5, 5.41) is 3.68. The summed E-state index contributed by atoms with van der Waals surface area (Å²) in [6, 6.07) is 1.37. The van der Waals surface area contributed by atoms with Gasteiger partial charge in [0.1, 0.15) is 5.82 Å². The molecule has 2 atom stereocenters. The highest BCUT2D eigenvalue weighted by atomic mass is 15.1. The highest BCUT2D eigenvalue weighted by Crippen LogP contribution is 2.29. The van der Waals surface area contributed by atoms with E-state index in [1.54, 1.807) is 0 Å². The zero-order valence-electron chi connectivity index (χ0n) is 11.9. The Labute approximate surface area is 111 Å². The number of hydrogen-bond donors (Lipinski definition) is 1. The van der Waals surface area contributed by atoms with Crippen molar-refractivity contribution in [3.8, 4) is 0 Å². The van der Waals surface area contributed by atoms with Gasteiger partial charge in [-0.05, 0) is 45.1 Å². The Morgan fingerprint density at radius 2 is 2.22 bits per heavy atom. The van der Waals surface area contributed by atoms with Gasteiger partial charge in [-0.1, -0.05) is 13.8 Å². The Morgan fingerprint density at radius 1 is 1.33 bits per heavy atom. The Kier molecular flexibility index (Phi) is 5.24. The number of aromatic nitrogens is 2. The fourth-order valence-electron chi connectivity index (χ4n) is 3.04. The third-order valence-corrected chi connectivity index (χ3v) is 3.95. The van der Waals surface area contributed by atoms with Crippen LogP contribution in [0.25, 0.3) is 0 Å². The van der Waals surface area contributed by atoms with Gasteiger partial charge in [-0.25, -0.2) is 4.98 Å². The van der Waals surface area contributed by atoms with Gasteiger partial charge in [-0.3, -0.25) is 0 Å². The molecule has 1 saturated carbocycles. The molecular formula is C15H27N3. The smallest absolute Gasteiger partial charge is 0.108 e. The van der Waals surface area contributed by atoms with Crippen LogP contribution in [-0.2, 0) is 6.42 Å². The zero-order chi connectivity index (χ0) is 12.8. The van der Waals surface area contributed by atoms with Gasteiger partial charge in [0.05, 0.1) is 0 Å². The van der Waals surface area contributed by atoms with Gasteiger partial charge in [0.25, 0.3) is 0 Å². The predicted molar refractivity (Wildman–Crippen MR) is 75.8 cm³/mol. The molecule has 0 aromatic carbocycles. The second-order valence-corrected chi connectivity index (χ2v) is 5.47. The Bertz CT molecular complexity index is 345. The normalized spacial score (nSPS) is 24.3. The molecule has 1 N–H and O–H groups in total. The first kappa shape index (κ1) is 13.6. The van der Waals surface area contributed by atoms with Gasteiger partial charge >= 0.3 is 0 Å². The molecule has 1 aromatic heterocycles. The molecule has 2 unspecified atom stereocenters. The summed E-state index contributed by atoms with van der Waals surface area (Å²) >= 11 is 0. The predicted octanol–water partition coefficient (Wildman–Crippen LogP) is 3.32. The molecule has 1 aromatic rings. The van der Waals surface area contributed by atoms with E-state index in [4.69, 9.17) is 0 Å². The highest BCUT2D eigenvalue weighted by molar-refractivity contribution is 4.97. The SMILES string of the molecule is CCCNC1CCCC(n2ccnc2CCC)C1. The zero-order valence-corrected chi connectivity index (χ0v) is 11.9. The topological polar surface area (TPSA) is 29.9 Å². The van der Waals surface area contributed by atoms with E-state index in [1.807, 2.05) is 6.20 Å². The van der Waals surface area contributed by atoms with E-state index in [0.717, 1.165) is 13.0 Å². The van der Waals surface area contributed by atoms with Crippen molar-refractivity contribution in [2.75, 3.05) is 6.54 Å². The summed E-state index contributed by atoms with van der Waals surface area (Å²) < 4.78 is 2.43. The molecule has 18 heavy (non-hydrogen) atoms. The minimum Gasteiger partial charge on any atom is -0.332 e. The maximum absolute atomic E-state index is 4.51. The maximum Gasteiger partial charge on any atom is 0.108 e. The Balaban J connectivity index is 1.97. The molecule has 0 saturated heterocycles. The maximum atomic E-state index is 4.51. The summed E-state index contributed by atoms with van der Waals surface area (Å²) in [5.74, 6) is 1.28. The summed E-state index contributed by atoms with van der Waals surface area (Å²) in [6.45, 7) is 5.62. The first-order valence-corrected chi connectivity index (χ1v) is 7.60. The van der Waals surface area contributed by atoms with E-state index in [2.05, 4.69) is 34.9 Å². The molecule has 102 valence electrons. The lowest BCUT2D eigenvalue weighted by Gasteiger charge is -2.31. The van der Waals surface area contributed by atoms with Gasteiger partial charge in [0.15, 0.2) is 0 Å². The van der Waals surface area contributed by atoms with E-state index in [9.17, 15) is 0 Å². The number of aryl methyl sites for hydroxylation is 1. The third kappa shape index (κ3) is 3.35. The van der Waals surface area contributed by atoms with E-state index >= 15 is 0 Å². The van der Waals surface area contributed by atoms with Crippen LogP contribution in [0.15, 0.2) is 12.4 Å². The minimum atomic E-state index is 0.664. The third-order valence-electron chi connectivity index (χ3n) is 3.95. The molecule has 1 aliphatic rings. The number of hydrogen-bond acceptors (Lipinski definition) is 2. The van der Waals surface area contributed by atoms with Gasteiger partial charge in [0, 0.05) is 30.9 Å². The molecule has 1 aliphatic carbocycles. The average molecular weight is 249 g/mol. The standard InChI is InChI=1S/C15H27N3/c1-3-6-15-17-10-11-18(15)14-8-5-7-13(12-14)16-9-4-2/h10-11,13-14,16H,3-9,12H2,1-2H3. The van der Waals surface area contributed by atoms with E-state index < -0.39 is 0 Å². The fraction of sp³-hybridized carbons (Fsp3) is 0.800. The highest BCUT2D eigenvalue weighted by Gasteiger charge is 2.23. The Hall–Kier alpha value is -0.830. The summed E-state index contributed by atoms with van der Waals surface area (Å²) in [5.41, 5.74) is 0. The van der Waals surface area contributed by atoms with E-state index in [1.165, 1.54) is 44.3 Å². The lowest BCUT2D eigenvalue weighted by molar-refractivity contribution is 0.280. The van der Waals surface area contributed by atoms with Crippen molar-refractivity contribution in [3.05, 3.63) is 18.2 Å². The molecule has 2 rings (SSSR count). The van der Waals surface area contributed by atoms with Crippen molar-refractivity contribution < 1.29 is 0 Å². The molecule has 0 radical (unpaired) electrons.